The Morgan fingerprint density at radius 1 is 1.27 bits per heavy atom. The van der Waals surface area contributed by atoms with Crippen LogP contribution in [0.4, 0.5) is 0 Å². The van der Waals surface area contributed by atoms with E-state index >= 15 is 0 Å². The van der Waals surface area contributed by atoms with Gasteiger partial charge in [0, 0.05) is 12.4 Å². The fourth-order valence-electron chi connectivity index (χ4n) is 2.84. The van der Waals surface area contributed by atoms with E-state index in [1.54, 1.807) is 18.0 Å². The number of hydrogen-bond donors (Lipinski definition) is 0. The van der Waals surface area contributed by atoms with Crippen molar-refractivity contribution in [2.75, 3.05) is 7.11 Å². The second kappa shape index (κ2) is 5.15. The van der Waals surface area contributed by atoms with Gasteiger partial charge in [0.1, 0.15) is 17.5 Å². The van der Waals surface area contributed by atoms with E-state index in [-0.39, 0.29) is 0 Å². The summed E-state index contributed by atoms with van der Waals surface area (Å²) >= 11 is 0. The van der Waals surface area contributed by atoms with Gasteiger partial charge in [-0.25, -0.2) is 4.98 Å². The molecular weight excluding hydrogens is 276 g/mol. The average molecular weight is 292 g/mol. The average Bonchev–Trinajstić information content (AvgIpc) is 2.89. The molecule has 2 aromatic heterocycles. The van der Waals surface area contributed by atoms with E-state index in [4.69, 9.17) is 4.74 Å². The van der Waals surface area contributed by atoms with Crippen LogP contribution in [0.2, 0.25) is 0 Å². The molecule has 0 aliphatic rings. The largest absolute Gasteiger partial charge is 0.496 e. The lowest BCUT2D eigenvalue weighted by molar-refractivity contribution is 0.412. The zero-order valence-corrected chi connectivity index (χ0v) is 13.0. The first-order valence-electron chi connectivity index (χ1n) is 6.94. The van der Waals surface area contributed by atoms with E-state index in [1.165, 1.54) is 0 Å². The number of aromatic nitrogens is 3. The van der Waals surface area contributed by atoms with Gasteiger partial charge in [-0.15, -0.1) is 0 Å². The Hall–Kier alpha value is -2.87. The van der Waals surface area contributed by atoms with E-state index in [2.05, 4.69) is 23.1 Å². The van der Waals surface area contributed by atoms with Crippen LogP contribution in [-0.2, 0) is 7.05 Å². The number of ether oxygens (including phenoxy) is 1. The number of rotatable bonds is 2. The van der Waals surface area contributed by atoms with Gasteiger partial charge in [0.2, 0.25) is 0 Å². The topological polar surface area (TPSA) is 63.7 Å². The second-order valence-electron chi connectivity index (χ2n) is 5.26. The fourth-order valence-corrected chi connectivity index (χ4v) is 2.84. The van der Waals surface area contributed by atoms with Crippen LogP contribution in [0.1, 0.15) is 16.8 Å². The normalized spacial score (nSPS) is 10.7. The SMILES string of the molecule is COc1ccc(C)c(-c2cc(C#N)nc3c2cnn3C)c1C. The Morgan fingerprint density at radius 2 is 2.05 bits per heavy atom. The van der Waals surface area contributed by atoms with E-state index in [9.17, 15) is 5.26 Å². The number of methoxy groups -OCH3 is 1. The predicted octanol–water partition coefficient (Wildman–Crippen LogP) is 3.13. The first-order valence-corrected chi connectivity index (χ1v) is 6.94. The van der Waals surface area contributed by atoms with Crippen LogP contribution in [0.5, 0.6) is 5.75 Å². The number of benzene rings is 1. The Morgan fingerprint density at radius 3 is 2.73 bits per heavy atom. The highest BCUT2D eigenvalue weighted by molar-refractivity contribution is 5.95. The van der Waals surface area contributed by atoms with Crippen molar-refractivity contribution in [3.63, 3.8) is 0 Å². The van der Waals surface area contributed by atoms with E-state index in [1.807, 2.05) is 32.2 Å². The van der Waals surface area contributed by atoms with Gasteiger partial charge in [-0.1, -0.05) is 6.07 Å². The molecule has 5 nitrogen and oxygen atoms in total. The third kappa shape index (κ3) is 2.01. The highest BCUT2D eigenvalue weighted by Gasteiger charge is 2.16. The molecule has 0 atom stereocenters. The summed E-state index contributed by atoms with van der Waals surface area (Å²) in [7, 11) is 3.49. The van der Waals surface area contributed by atoms with Crippen molar-refractivity contribution in [1.82, 2.24) is 14.8 Å². The fraction of sp³-hybridized carbons (Fsp3) is 0.235. The summed E-state index contributed by atoms with van der Waals surface area (Å²) in [5.74, 6) is 0.827. The predicted molar refractivity (Wildman–Crippen MR) is 84.7 cm³/mol. The summed E-state index contributed by atoms with van der Waals surface area (Å²) in [6, 6.07) is 7.93. The second-order valence-corrected chi connectivity index (χ2v) is 5.26. The Balaban J connectivity index is 2.43. The zero-order valence-electron chi connectivity index (χ0n) is 13.0. The highest BCUT2D eigenvalue weighted by atomic mass is 16.5. The maximum absolute atomic E-state index is 9.27. The molecule has 0 amide bonds. The summed E-state index contributed by atoms with van der Waals surface area (Å²) in [5.41, 5.74) is 5.28. The molecule has 0 fully saturated rings. The van der Waals surface area contributed by atoms with E-state index < -0.39 is 0 Å². The maximum atomic E-state index is 9.27. The molecule has 22 heavy (non-hydrogen) atoms. The van der Waals surface area contributed by atoms with Gasteiger partial charge >= 0.3 is 0 Å². The zero-order chi connectivity index (χ0) is 15.9. The van der Waals surface area contributed by atoms with Crippen molar-refractivity contribution in [2.45, 2.75) is 13.8 Å². The third-order valence-corrected chi connectivity index (χ3v) is 3.93. The first kappa shape index (κ1) is 14.1. The summed E-state index contributed by atoms with van der Waals surface area (Å²) < 4.78 is 7.12. The lowest BCUT2D eigenvalue weighted by atomic mass is 9.93. The number of fused-ring (bicyclic) bond motifs is 1. The van der Waals surface area contributed by atoms with Gasteiger partial charge in [-0.3, -0.25) is 4.68 Å². The van der Waals surface area contributed by atoms with Crippen molar-refractivity contribution in [3.8, 4) is 22.9 Å². The monoisotopic (exact) mass is 292 g/mol. The Bertz CT molecular complexity index is 919. The minimum Gasteiger partial charge on any atom is -0.496 e. The van der Waals surface area contributed by atoms with Crippen LogP contribution < -0.4 is 4.74 Å². The van der Waals surface area contributed by atoms with E-state index in [0.29, 0.717) is 11.3 Å². The molecule has 0 radical (unpaired) electrons. The highest BCUT2D eigenvalue weighted by Crippen LogP contribution is 2.36. The molecule has 0 saturated carbocycles. The molecule has 110 valence electrons. The van der Waals surface area contributed by atoms with Crippen molar-refractivity contribution in [2.24, 2.45) is 7.05 Å². The van der Waals surface area contributed by atoms with E-state index in [0.717, 1.165) is 33.4 Å². The van der Waals surface area contributed by atoms with Crippen LogP contribution in [0.15, 0.2) is 24.4 Å². The lowest BCUT2D eigenvalue weighted by Crippen LogP contribution is -1.97. The molecule has 2 heterocycles. The van der Waals surface area contributed by atoms with Gasteiger partial charge in [0.15, 0.2) is 5.65 Å². The van der Waals surface area contributed by atoms with Crippen LogP contribution in [0, 0.1) is 25.2 Å². The summed E-state index contributed by atoms with van der Waals surface area (Å²) in [6.07, 6.45) is 1.79. The smallest absolute Gasteiger partial charge is 0.159 e. The van der Waals surface area contributed by atoms with Crippen LogP contribution in [-0.4, -0.2) is 21.9 Å². The molecule has 3 aromatic rings. The van der Waals surface area contributed by atoms with Crippen LogP contribution >= 0.6 is 0 Å². The van der Waals surface area contributed by atoms with Gasteiger partial charge < -0.3 is 4.74 Å². The molecule has 1 aromatic carbocycles. The number of pyridine rings is 1. The summed E-state index contributed by atoms with van der Waals surface area (Å²) in [5, 5.41) is 14.5. The molecular formula is C17H16N4O. The molecule has 0 aliphatic carbocycles. The Labute approximate surface area is 128 Å². The van der Waals surface area contributed by atoms with Crippen molar-refractivity contribution in [3.05, 3.63) is 41.2 Å². The number of nitrogens with zero attached hydrogens (tertiary/aromatic N) is 4. The molecule has 5 heteroatoms. The summed E-state index contributed by atoms with van der Waals surface area (Å²) in [6.45, 7) is 4.08. The molecule has 0 bridgehead atoms. The molecule has 0 saturated heterocycles. The summed E-state index contributed by atoms with van der Waals surface area (Å²) in [4.78, 5) is 4.35. The third-order valence-electron chi connectivity index (χ3n) is 3.93. The van der Waals surface area contributed by atoms with Gasteiger partial charge in [0.25, 0.3) is 0 Å². The molecule has 0 unspecified atom stereocenters. The van der Waals surface area contributed by atoms with Gasteiger partial charge in [-0.05, 0) is 48.2 Å². The lowest BCUT2D eigenvalue weighted by Gasteiger charge is -2.14. The molecule has 0 spiro atoms. The molecule has 3 rings (SSSR count). The minimum absolute atomic E-state index is 0.382. The molecule has 0 aliphatic heterocycles. The first-order chi connectivity index (χ1) is 10.6. The molecule has 0 N–H and O–H groups in total. The maximum Gasteiger partial charge on any atom is 0.159 e. The number of hydrogen-bond acceptors (Lipinski definition) is 4. The number of aryl methyl sites for hydroxylation is 2. The van der Waals surface area contributed by atoms with Crippen molar-refractivity contribution < 1.29 is 4.74 Å². The van der Waals surface area contributed by atoms with Gasteiger partial charge in [0.05, 0.1) is 13.3 Å². The van der Waals surface area contributed by atoms with Crippen molar-refractivity contribution >= 4 is 11.0 Å². The Kier molecular flexibility index (Phi) is 3.30. The quantitative estimate of drug-likeness (QED) is 0.728. The van der Waals surface area contributed by atoms with Gasteiger partial charge in [-0.2, -0.15) is 10.4 Å². The van der Waals surface area contributed by atoms with Crippen LogP contribution in [0.25, 0.3) is 22.2 Å². The van der Waals surface area contributed by atoms with Crippen molar-refractivity contribution in [1.29, 1.82) is 5.26 Å². The minimum atomic E-state index is 0.382. The number of nitriles is 1. The van der Waals surface area contributed by atoms with Crippen LogP contribution in [0.3, 0.4) is 0 Å². The standard InChI is InChI=1S/C17H16N4O/c1-10-5-6-15(22-4)11(2)16(10)13-7-12(8-18)20-17-14(13)9-19-21(17)3/h5-7,9H,1-4H3.